The van der Waals surface area contributed by atoms with Crippen molar-refractivity contribution in [3.05, 3.63) is 101 Å². The van der Waals surface area contributed by atoms with Crippen LogP contribution >= 0.6 is 10.0 Å². The van der Waals surface area contributed by atoms with Crippen molar-refractivity contribution in [1.29, 1.82) is 0 Å². The van der Waals surface area contributed by atoms with Gasteiger partial charge in [-0.25, -0.2) is 15.0 Å². The molecular formula is C51H77N5O9S. The number of aliphatic hydroxyl groups excluding tert-OH is 2. The van der Waals surface area contributed by atoms with E-state index in [0.29, 0.717) is 60.7 Å². The second kappa shape index (κ2) is 27.0. The molecule has 0 spiro atoms. The highest BCUT2D eigenvalue weighted by Gasteiger charge is 2.26. The number of nitrogens with zero attached hydrogens (tertiary/aromatic N) is 2. The Morgan fingerprint density at radius 1 is 0.924 bits per heavy atom. The summed E-state index contributed by atoms with van der Waals surface area (Å²) in [5.41, 5.74) is 2.67. The number of likely N-dealkylation sites (N-methyl/N-ethyl adjacent to an activating group) is 1. The lowest BCUT2D eigenvalue weighted by molar-refractivity contribution is -0.138. The summed E-state index contributed by atoms with van der Waals surface area (Å²) in [4.78, 5) is 40.0. The molecule has 6 N–H and O–H groups in total. The Morgan fingerprint density at radius 3 is 2.08 bits per heavy atom. The van der Waals surface area contributed by atoms with Crippen molar-refractivity contribution in [3.63, 3.8) is 0 Å². The highest BCUT2D eigenvalue weighted by molar-refractivity contribution is 8.33. The van der Waals surface area contributed by atoms with Gasteiger partial charge in [-0.15, -0.1) is 0 Å². The van der Waals surface area contributed by atoms with E-state index < -0.39 is 12.2 Å². The second-order valence-corrected chi connectivity index (χ2v) is 24.2. The van der Waals surface area contributed by atoms with Crippen molar-refractivity contribution in [2.24, 2.45) is 0 Å². The van der Waals surface area contributed by atoms with Crippen molar-refractivity contribution in [3.8, 4) is 11.5 Å². The fourth-order valence-electron chi connectivity index (χ4n) is 6.09. The van der Waals surface area contributed by atoms with Crippen LogP contribution in [-0.2, 0) is 32.1 Å². The smallest absolute Gasteiger partial charge is 0.293 e. The van der Waals surface area contributed by atoms with Gasteiger partial charge in [-0.05, 0) is 86.7 Å². The number of phenolic OH excluding ortho intramolecular Hbond substituents is 1. The molecule has 2 amide bonds. The van der Waals surface area contributed by atoms with Crippen molar-refractivity contribution in [1.82, 2.24) is 15.2 Å². The predicted molar refractivity (Wildman–Crippen MR) is 267 cm³/mol. The van der Waals surface area contributed by atoms with E-state index >= 15 is 0 Å². The van der Waals surface area contributed by atoms with Crippen LogP contribution in [0.15, 0.2) is 77.3 Å². The number of carbonyl (C=O) groups is 3. The molecule has 1 saturated carbocycles. The molecule has 366 valence electrons. The second-order valence-electron chi connectivity index (χ2n) is 19.3. The number of carbonyl (C=O) groups excluding carboxylic acids is 3. The molecule has 1 fully saturated rings. The quantitative estimate of drug-likeness (QED) is 0.0490. The van der Waals surface area contributed by atoms with Gasteiger partial charge in [0.1, 0.15) is 22.8 Å². The van der Waals surface area contributed by atoms with Crippen molar-refractivity contribution >= 4 is 39.7 Å². The summed E-state index contributed by atoms with van der Waals surface area (Å²) < 4.78 is 16.3. The molecule has 0 bridgehead atoms. The van der Waals surface area contributed by atoms with Gasteiger partial charge in [0.2, 0.25) is 11.8 Å². The van der Waals surface area contributed by atoms with Crippen LogP contribution in [0.3, 0.4) is 0 Å². The number of ether oxygens (including phenoxy) is 2. The number of benzene rings is 3. The molecule has 1 aromatic heterocycles. The minimum absolute atomic E-state index is 0.0978. The average Bonchev–Trinajstić information content (AvgIpc) is 3.75. The molecule has 6 rings (SSSR count). The number of aromatic nitrogens is 1. The van der Waals surface area contributed by atoms with E-state index in [4.69, 9.17) is 9.15 Å². The van der Waals surface area contributed by atoms with Crippen molar-refractivity contribution in [2.75, 3.05) is 62.7 Å². The molecule has 14 nitrogen and oxygen atoms in total. The first-order valence-corrected chi connectivity index (χ1v) is 25.6. The number of fused-ring (bicyclic) bond motifs is 1. The van der Waals surface area contributed by atoms with Gasteiger partial charge in [0.25, 0.3) is 12.4 Å². The largest absolute Gasteiger partial charge is 0.506 e. The summed E-state index contributed by atoms with van der Waals surface area (Å²) in [6.45, 7) is 14.6. The summed E-state index contributed by atoms with van der Waals surface area (Å²) in [6.07, 6.45) is 16.8. The van der Waals surface area contributed by atoms with E-state index in [-0.39, 0.29) is 63.7 Å². The van der Waals surface area contributed by atoms with Crippen LogP contribution in [0.4, 0.5) is 11.4 Å². The number of hydrogen-bond acceptors (Lipinski definition) is 12. The molecule has 4 aromatic rings. The summed E-state index contributed by atoms with van der Waals surface area (Å²) >= 11 is 0. The van der Waals surface area contributed by atoms with E-state index in [2.05, 4.69) is 65.2 Å². The zero-order valence-electron chi connectivity index (χ0n) is 40.9. The molecule has 2 atom stereocenters. The first kappa shape index (κ1) is 55.4. The third kappa shape index (κ3) is 20.3. The number of amides is 2. The highest BCUT2D eigenvalue weighted by atomic mass is 32.3. The third-order valence-electron chi connectivity index (χ3n) is 11.2. The van der Waals surface area contributed by atoms with Gasteiger partial charge >= 0.3 is 0 Å². The van der Waals surface area contributed by atoms with Crippen molar-refractivity contribution < 1.29 is 43.6 Å². The van der Waals surface area contributed by atoms with Crippen LogP contribution in [0.5, 0.6) is 11.5 Å². The summed E-state index contributed by atoms with van der Waals surface area (Å²) in [5.74, 6) is 0.601. The van der Waals surface area contributed by atoms with E-state index in [1.165, 1.54) is 44.6 Å². The number of rotatable bonds is 15. The Hall–Kier alpha value is -4.93. The zero-order valence-corrected chi connectivity index (χ0v) is 41.8. The van der Waals surface area contributed by atoms with Gasteiger partial charge in [0.05, 0.1) is 12.3 Å². The van der Waals surface area contributed by atoms with Crippen LogP contribution in [0.25, 0.3) is 0 Å². The molecule has 3 aromatic carbocycles. The lowest BCUT2D eigenvalue weighted by Gasteiger charge is -2.40. The summed E-state index contributed by atoms with van der Waals surface area (Å²) in [6, 6.07) is 19.6. The molecule has 0 saturated heterocycles. The molecule has 2 unspecified atom stereocenters. The fraction of sp³-hybridized carbons (Fsp3) is 0.529. The first-order valence-electron chi connectivity index (χ1n) is 22.8. The average molecular weight is 936 g/mol. The molecule has 66 heavy (non-hydrogen) atoms. The van der Waals surface area contributed by atoms with Crippen LogP contribution in [0.1, 0.15) is 127 Å². The number of oxazole rings is 1. The van der Waals surface area contributed by atoms with Crippen molar-refractivity contribution in [2.45, 2.75) is 122 Å². The van der Waals surface area contributed by atoms with Gasteiger partial charge in [-0.2, -0.15) is 0 Å². The lowest BCUT2D eigenvalue weighted by Crippen LogP contribution is -2.27. The van der Waals surface area contributed by atoms with E-state index in [9.17, 15) is 29.7 Å². The normalized spacial score (nSPS) is 14.8. The summed E-state index contributed by atoms with van der Waals surface area (Å²) in [7, 11) is 1.59. The van der Waals surface area contributed by atoms with Gasteiger partial charge in [-0.3, -0.25) is 14.4 Å². The van der Waals surface area contributed by atoms with Gasteiger partial charge in [0.15, 0.2) is 18.5 Å². The minimum atomic E-state index is -0.924. The maximum absolute atomic E-state index is 12.5. The topological polar surface area (TPSA) is 196 Å². The highest BCUT2D eigenvalue weighted by Crippen LogP contribution is 2.49. The monoisotopic (exact) mass is 936 g/mol. The number of nitrogens with one attached hydrogen (secondary N) is 3. The predicted octanol–water partition coefficient (Wildman–Crippen LogP) is 8.90. The van der Waals surface area contributed by atoms with Crippen LogP contribution in [0, 0.1) is 0 Å². The number of anilines is 2. The molecule has 2 heterocycles. The molecule has 15 heteroatoms. The first-order chi connectivity index (χ1) is 31.1. The zero-order chi connectivity index (χ0) is 48.9. The Balaban J connectivity index is 0.000000451. The third-order valence-corrected chi connectivity index (χ3v) is 14.8. The molecule has 1 aliphatic heterocycles. The van der Waals surface area contributed by atoms with E-state index in [0.717, 1.165) is 11.1 Å². The molecular weight excluding hydrogens is 859 g/mol. The fourth-order valence-corrected chi connectivity index (χ4v) is 6.09. The Labute approximate surface area is 394 Å². The minimum Gasteiger partial charge on any atom is -0.506 e. The number of phenols is 1. The lowest BCUT2D eigenvalue weighted by atomic mass is 10.0. The maximum Gasteiger partial charge on any atom is 0.293 e. The standard InChI is InChI=1S/C33H37N5O7.C7H18S.C6H12.C5H10O2/c1-38(15-13-24-18-35-33(45-24)31(43)22-5-3-2-4-6-22)16-14-28(41)36-23-9-7-21(8-10-23)17-34-19-27(40)25-11-12-26(39)30-32(25)44-20-29(42)37-30;1-7(2,3)8(4,5)6;1-2-4-6-5-3-1;1-5(2,3)7-4-6/h2-12,18,27,31,34,39-40,43H,13-17,19-20H2,1H3,(H,36,41)(H,37,42);1-6H3;1-6H2;4H,1-3H3. The summed E-state index contributed by atoms with van der Waals surface area (Å²) in [5, 5.41) is 39.8. The van der Waals surface area contributed by atoms with Gasteiger partial charge in [0, 0.05) is 50.3 Å². The van der Waals surface area contributed by atoms with Crippen LogP contribution in [0.2, 0.25) is 0 Å². The Morgan fingerprint density at radius 2 is 1.53 bits per heavy atom. The molecule has 1 aliphatic carbocycles. The SMILES string of the molecule is C1CCCCC1.CC(C)(C)OC=O.CC(C)(C)S(C)(C)C.CN(CCC(=O)Nc1ccc(CNCC(O)c2ccc(O)c3c2OCC(=O)N3)cc1)CCc1cnc(C(O)c2ccccc2)o1. The van der Waals surface area contributed by atoms with E-state index in [1.807, 2.05) is 87.3 Å². The van der Waals surface area contributed by atoms with Crippen LogP contribution < -0.4 is 20.7 Å². The van der Waals surface area contributed by atoms with Gasteiger partial charge in [-0.1, -0.05) is 102 Å². The molecule has 0 radical (unpaired) electrons. The number of hydrogen-bond donors (Lipinski definition) is 6. The van der Waals surface area contributed by atoms with Gasteiger partial charge < -0.3 is 50.1 Å². The maximum atomic E-state index is 12.5. The molecule has 2 aliphatic rings. The number of aliphatic hydroxyl groups is 2. The Bertz CT molecular complexity index is 2030. The Kier molecular flexibility index (Phi) is 22.7. The van der Waals surface area contributed by atoms with E-state index in [1.54, 1.807) is 12.3 Å². The van der Waals surface area contributed by atoms with Crippen LogP contribution in [-0.4, -0.2) is 106 Å². The number of aromatic hydroxyl groups is 1.